The van der Waals surface area contributed by atoms with E-state index in [-0.39, 0.29) is 5.91 Å². The van der Waals surface area contributed by atoms with Crippen LogP contribution in [-0.4, -0.2) is 22.0 Å². The quantitative estimate of drug-likeness (QED) is 0.715. The second kappa shape index (κ2) is 6.15. The fourth-order valence-corrected chi connectivity index (χ4v) is 4.54. The molecule has 0 atom stereocenters. The molecule has 0 radical (unpaired) electrons. The van der Waals surface area contributed by atoms with Crippen molar-refractivity contribution in [3.63, 3.8) is 0 Å². The number of rotatable bonds is 3. The van der Waals surface area contributed by atoms with E-state index < -0.39 is 0 Å². The molecule has 0 spiro atoms. The lowest BCUT2D eigenvalue weighted by Gasteiger charge is -2.18. The van der Waals surface area contributed by atoms with Crippen LogP contribution < -0.4 is 4.90 Å². The summed E-state index contributed by atoms with van der Waals surface area (Å²) in [6.45, 7) is 6.99. The average molecular weight is 351 g/mol. The summed E-state index contributed by atoms with van der Waals surface area (Å²) in [5.74, 6) is 0.130. The van der Waals surface area contributed by atoms with Gasteiger partial charge in [0.1, 0.15) is 0 Å². The van der Waals surface area contributed by atoms with Crippen LogP contribution in [-0.2, 0) is 17.6 Å². The maximum atomic E-state index is 12.8. The first-order valence-electron chi connectivity index (χ1n) is 8.53. The SMILES string of the molecule is Cc1cccc2c1N(C(=O)Cc1csc(-n3c(C)ccc3C)n1)CC2. The van der Waals surface area contributed by atoms with Gasteiger partial charge in [0.15, 0.2) is 5.13 Å². The van der Waals surface area contributed by atoms with Crippen molar-refractivity contribution in [3.8, 4) is 5.13 Å². The van der Waals surface area contributed by atoms with Crippen molar-refractivity contribution in [1.29, 1.82) is 0 Å². The molecule has 4 rings (SSSR count). The van der Waals surface area contributed by atoms with Gasteiger partial charge in [-0.05, 0) is 50.5 Å². The maximum Gasteiger partial charge on any atom is 0.233 e. The molecule has 0 fully saturated rings. The van der Waals surface area contributed by atoms with Crippen molar-refractivity contribution in [2.75, 3.05) is 11.4 Å². The number of aryl methyl sites for hydroxylation is 3. The molecule has 0 aliphatic carbocycles. The zero-order valence-electron chi connectivity index (χ0n) is 14.7. The third-order valence-corrected chi connectivity index (χ3v) is 5.71. The highest BCUT2D eigenvalue weighted by Crippen LogP contribution is 2.32. The van der Waals surface area contributed by atoms with E-state index in [2.05, 4.69) is 55.7 Å². The summed E-state index contributed by atoms with van der Waals surface area (Å²) in [5.41, 5.74) is 6.70. The Morgan fingerprint density at radius 2 is 1.92 bits per heavy atom. The van der Waals surface area contributed by atoms with Crippen LogP contribution in [0.15, 0.2) is 35.7 Å². The largest absolute Gasteiger partial charge is 0.311 e. The first-order chi connectivity index (χ1) is 12.0. The van der Waals surface area contributed by atoms with Gasteiger partial charge in [0, 0.05) is 29.0 Å². The summed E-state index contributed by atoms with van der Waals surface area (Å²) >= 11 is 1.59. The molecule has 128 valence electrons. The molecule has 5 heteroatoms. The van der Waals surface area contributed by atoms with Crippen LogP contribution in [0.2, 0.25) is 0 Å². The van der Waals surface area contributed by atoms with E-state index in [1.165, 1.54) is 11.1 Å². The first kappa shape index (κ1) is 16.1. The van der Waals surface area contributed by atoms with Gasteiger partial charge in [0.25, 0.3) is 0 Å². The first-order valence-corrected chi connectivity index (χ1v) is 9.41. The number of anilines is 1. The molecule has 3 aromatic rings. The van der Waals surface area contributed by atoms with Crippen molar-refractivity contribution in [3.05, 3.63) is 63.9 Å². The zero-order chi connectivity index (χ0) is 17.6. The molecule has 1 amide bonds. The lowest BCUT2D eigenvalue weighted by molar-refractivity contribution is -0.117. The monoisotopic (exact) mass is 351 g/mol. The number of para-hydroxylation sites is 1. The Kier molecular flexibility index (Phi) is 3.96. The number of carbonyl (C=O) groups is 1. The number of thiazole rings is 1. The summed E-state index contributed by atoms with van der Waals surface area (Å²) in [7, 11) is 0. The van der Waals surface area contributed by atoms with Gasteiger partial charge in [-0.1, -0.05) is 18.2 Å². The molecule has 0 saturated heterocycles. The fraction of sp³-hybridized carbons (Fsp3) is 0.300. The summed E-state index contributed by atoms with van der Waals surface area (Å²) in [4.78, 5) is 19.5. The van der Waals surface area contributed by atoms with Gasteiger partial charge < -0.3 is 4.90 Å². The molecule has 1 aromatic carbocycles. The maximum absolute atomic E-state index is 12.8. The molecular formula is C20H21N3OS. The minimum Gasteiger partial charge on any atom is -0.311 e. The van der Waals surface area contributed by atoms with Crippen LogP contribution in [0.1, 0.15) is 28.2 Å². The minimum absolute atomic E-state index is 0.130. The van der Waals surface area contributed by atoms with Crippen LogP contribution in [0, 0.1) is 20.8 Å². The third kappa shape index (κ3) is 2.78. The standard InChI is InChI=1S/C20H21N3OS/c1-13-5-4-6-16-9-10-22(19(13)16)18(24)11-17-12-25-20(21-17)23-14(2)7-8-15(23)3/h4-8,12H,9-11H2,1-3H3. The van der Waals surface area contributed by atoms with E-state index in [1.807, 2.05) is 10.3 Å². The molecule has 1 aliphatic rings. The Hall–Kier alpha value is -2.40. The van der Waals surface area contributed by atoms with Crippen LogP contribution >= 0.6 is 11.3 Å². The number of carbonyl (C=O) groups excluding carboxylic acids is 1. The molecular weight excluding hydrogens is 330 g/mol. The highest BCUT2D eigenvalue weighted by atomic mass is 32.1. The molecule has 25 heavy (non-hydrogen) atoms. The van der Waals surface area contributed by atoms with E-state index in [9.17, 15) is 4.79 Å². The van der Waals surface area contributed by atoms with Gasteiger partial charge in [-0.3, -0.25) is 9.36 Å². The molecule has 4 nitrogen and oxygen atoms in total. The average Bonchev–Trinajstić information content (AvgIpc) is 3.27. The number of hydrogen-bond donors (Lipinski definition) is 0. The smallest absolute Gasteiger partial charge is 0.233 e. The summed E-state index contributed by atoms with van der Waals surface area (Å²) in [6.07, 6.45) is 1.29. The molecule has 0 saturated carbocycles. The minimum atomic E-state index is 0.130. The number of nitrogens with zero attached hydrogens (tertiary/aromatic N) is 3. The third-order valence-electron chi connectivity index (χ3n) is 4.83. The number of benzene rings is 1. The van der Waals surface area contributed by atoms with Crippen molar-refractivity contribution in [2.45, 2.75) is 33.6 Å². The molecule has 0 N–H and O–H groups in total. The van der Waals surface area contributed by atoms with Gasteiger partial charge in [0.2, 0.25) is 5.91 Å². The summed E-state index contributed by atoms with van der Waals surface area (Å²) < 4.78 is 2.13. The van der Waals surface area contributed by atoms with Crippen LogP contribution in [0.4, 0.5) is 5.69 Å². The molecule has 3 heterocycles. The zero-order valence-corrected chi connectivity index (χ0v) is 15.6. The van der Waals surface area contributed by atoms with E-state index >= 15 is 0 Å². The fourth-order valence-electron chi connectivity index (χ4n) is 3.60. The van der Waals surface area contributed by atoms with Crippen molar-refractivity contribution in [2.24, 2.45) is 0 Å². The van der Waals surface area contributed by atoms with Crippen LogP contribution in [0.5, 0.6) is 0 Å². The normalized spacial score (nSPS) is 13.3. The van der Waals surface area contributed by atoms with Gasteiger partial charge in [-0.25, -0.2) is 4.98 Å². The molecule has 1 aliphatic heterocycles. The van der Waals surface area contributed by atoms with Crippen LogP contribution in [0.3, 0.4) is 0 Å². The molecule has 2 aromatic heterocycles. The van der Waals surface area contributed by atoms with Gasteiger partial charge in [0.05, 0.1) is 12.1 Å². The lowest BCUT2D eigenvalue weighted by Crippen LogP contribution is -2.31. The Bertz CT molecular complexity index is 934. The second-order valence-electron chi connectivity index (χ2n) is 6.63. The number of amides is 1. The highest BCUT2D eigenvalue weighted by molar-refractivity contribution is 7.12. The van der Waals surface area contributed by atoms with Crippen LogP contribution in [0.25, 0.3) is 5.13 Å². The molecule has 0 bridgehead atoms. The van der Waals surface area contributed by atoms with E-state index in [4.69, 9.17) is 4.98 Å². The van der Waals surface area contributed by atoms with E-state index in [0.29, 0.717) is 6.42 Å². The van der Waals surface area contributed by atoms with Gasteiger partial charge in [-0.2, -0.15) is 0 Å². The van der Waals surface area contributed by atoms with E-state index in [1.54, 1.807) is 11.3 Å². The molecule has 0 unspecified atom stereocenters. The topological polar surface area (TPSA) is 38.1 Å². The predicted molar refractivity (Wildman–Crippen MR) is 102 cm³/mol. The Labute approximate surface area is 151 Å². The Balaban J connectivity index is 1.56. The lowest BCUT2D eigenvalue weighted by atomic mass is 10.1. The highest BCUT2D eigenvalue weighted by Gasteiger charge is 2.26. The summed E-state index contributed by atoms with van der Waals surface area (Å²) in [5, 5.41) is 2.93. The van der Waals surface area contributed by atoms with Gasteiger partial charge >= 0.3 is 0 Å². The van der Waals surface area contributed by atoms with Crippen molar-refractivity contribution < 1.29 is 4.79 Å². The summed E-state index contributed by atoms with van der Waals surface area (Å²) in [6, 6.07) is 10.4. The number of fused-ring (bicyclic) bond motifs is 1. The van der Waals surface area contributed by atoms with E-state index in [0.717, 1.165) is 40.9 Å². The number of aromatic nitrogens is 2. The Morgan fingerprint density at radius 1 is 1.16 bits per heavy atom. The Morgan fingerprint density at radius 3 is 2.68 bits per heavy atom. The number of hydrogen-bond acceptors (Lipinski definition) is 3. The van der Waals surface area contributed by atoms with Gasteiger partial charge in [-0.15, -0.1) is 11.3 Å². The predicted octanol–water partition coefficient (Wildman–Crippen LogP) is 3.99. The van der Waals surface area contributed by atoms with Crippen molar-refractivity contribution >= 4 is 22.9 Å². The second-order valence-corrected chi connectivity index (χ2v) is 7.46. The van der Waals surface area contributed by atoms with Crippen molar-refractivity contribution in [1.82, 2.24) is 9.55 Å².